The number of halogens is 1. The Morgan fingerprint density at radius 1 is 1.60 bits per heavy atom. The van der Waals surface area contributed by atoms with Crippen molar-refractivity contribution in [1.29, 1.82) is 5.26 Å². The van der Waals surface area contributed by atoms with Crippen molar-refractivity contribution in [1.82, 2.24) is 0 Å². The molecule has 0 saturated carbocycles. The molecule has 1 aromatic carbocycles. The first-order valence-corrected chi connectivity index (χ1v) is 4.54. The second kappa shape index (κ2) is 5.11. The van der Waals surface area contributed by atoms with Crippen molar-refractivity contribution < 1.29 is 9.18 Å². The first-order valence-electron chi connectivity index (χ1n) is 4.54. The molecule has 0 aliphatic carbocycles. The third-order valence-electron chi connectivity index (χ3n) is 2.02. The van der Waals surface area contributed by atoms with Gasteiger partial charge in [-0.15, -0.1) is 0 Å². The average Bonchev–Trinajstić information content (AvgIpc) is 2.24. The number of nitrogens with zero attached hydrogens (tertiary/aromatic N) is 2. The molecule has 0 aromatic heterocycles. The summed E-state index contributed by atoms with van der Waals surface area (Å²) in [6.45, 7) is 0. The number of hydrogen-bond donors (Lipinski definition) is 0. The lowest BCUT2D eigenvalue weighted by Crippen LogP contribution is -2.25. The largest absolute Gasteiger partial charge is 0.315 e. The predicted octanol–water partition coefficient (Wildman–Crippen LogP) is 2.09. The summed E-state index contributed by atoms with van der Waals surface area (Å²) in [5.41, 5.74) is 0.498. The Kier molecular flexibility index (Phi) is 3.81. The topological polar surface area (TPSA) is 44.1 Å². The van der Waals surface area contributed by atoms with E-state index < -0.39 is 0 Å². The van der Waals surface area contributed by atoms with Crippen LogP contribution < -0.4 is 4.90 Å². The number of hydrogen-bond acceptors (Lipinski definition) is 2. The minimum atomic E-state index is -0.382. The monoisotopic (exact) mass is 206 g/mol. The van der Waals surface area contributed by atoms with Crippen LogP contribution in [-0.2, 0) is 4.79 Å². The van der Waals surface area contributed by atoms with Gasteiger partial charge in [0.25, 0.3) is 0 Å². The first-order chi connectivity index (χ1) is 7.15. The fourth-order valence-electron chi connectivity index (χ4n) is 1.16. The second-order valence-corrected chi connectivity index (χ2v) is 3.09. The maximum atomic E-state index is 12.9. The molecule has 3 nitrogen and oxygen atoms in total. The molecule has 1 amide bonds. The Morgan fingerprint density at radius 2 is 2.33 bits per heavy atom. The molecule has 0 aliphatic rings. The molecule has 1 aromatic rings. The molecule has 1 rings (SSSR count). The van der Waals surface area contributed by atoms with Crippen molar-refractivity contribution in [3.05, 3.63) is 30.1 Å². The number of nitriles is 1. The van der Waals surface area contributed by atoms with Gasteiger partial charge in [-0.1, -0.05) is 6.07 Å². The van der Waals surface area contributed by atoms with Crippen LogP contribution in [0.3, 0.4) is 0 Å². The highest BCUT2D eigenvalue weighted by Gasteiger charge is 2.10. The molecule has 0 bridgehead atoms. The molecule has 0 aliphatic heterocycles. The van der Waals surface area contributed by atoms with Crippen LogP contribution in [0.5, 0.6) is 0 Å². The number of amides is 1. The van der Waals surface area contributed by atoms with Crippen LogP contribution in [0.25, 0.3) is 0 Å². The highest BCUT2D eigenvalue weighted by Crippen LogP contribution is 2.14. The minimum absolute atomic E-state index is 0.156. The fourth-order valence-corrected chi connectivity index (χ4v) is 1.16. The molecule has 0 unspecified atom stereocenters. The van der Waals surface area contributed by atoms with Gasteiger partial charge in [-0.25, -0.2) is 4.39 Å². The lowest BCUT2D eigenvalue weighted by atomic mass is 10.2. The zero-order chi connectivity index (χ0) is 11.3. The van der Waals surface area contributed by atoms with Crippen LogP contribution in [0.15, 0.2) is 24.3 Å². The highest BCUT2D eigenvalue weighted by atomic mass is 19.1. The molecule has 0 spiro atoms. The Hall–Kier alpha value is -1.89. The van der Waals surface area contributed by atoms with E-state index in [-0.39, 0.29) is 24.6 Å². The van der Waals surface area contributed by atoms with Crippen LogP contribution in [0.2, 0.25) is 0 Å². The summed E-state index contributed by atoms with van der Waals surface area (Å²) in [5.74, 6) is -0.574. The van der Waals surface area contributed by atoms with Crippen LogP contribution in [0.4, 0.5) is 10.1 Å². The van der Waals surface area contributed by atoms with E-state index in [1.807, 2.05) is 6.07 Å². The van der Waals surface area contributed by atoms with Crippen molar-refractivity contribution in [3.8, 4) is 6.07 Å². The molecule has 4 heteroatoms. The first kappa shape index (κ1) is 11.2. The molecular formula is C11H11FN2O. The van der Waals surface area contributed by atoms with Crippen LogP contribution in [0.1, 0.15) is 12.8 Å². The van der Waals surface area contributed by atoms with Crippen molar-refractivity contribution in [2.75, 3.05) is 11.9 Å². The standard InChI is InChI=1S/C11H11FN2O/c1-14(11(15)6-3-7-13)10-5-2-4-9(12)8-10/h2,4-5,8H,3,6H2,1H3. The lowest BCUT2D eigenvalue weighted by Gasteiger charge is -2.16. The zero-order valence-electron chi connectivity index (χ0n) is 8.40. The fraction of sp³-hybridized carbons (Fsp3) is 0.273. The number of benzene rings is 1. The van der Waals surface area contributed by atoms with E-state index in [1.54, 1.807) is 19.2 Å². The minimum Gasteiger partial charge on any atom is -0.315 e. The Labute approximate surface area is 87.7 Å². The highest BCUT2D eigenvalue weighted by molar-refractivity contribution is 5.92. The summed E-state index contributed by atoms with van der Waals surface area (Å²) in [6.07, 6.45) is 0.335. The van der Waals surface area contributed by atoms with E-state index >= 15 is 0 Å². The predicted molar refractivity (Wildman–Crippen MR) is 54.7 cm³/mol. The molecule has 15 heavy (non-hydrogen) atoms. The van der Waals surface area contributed by atoms with Crippen molar-refractivity contribution in [2.45, 2.75) is 12.8 Å². The Balaban J connectivity index is 2.72. The second-order valence-electron chi connectivity index (χ2n) is 3.09. The number of carbonyl (C=O) groups is 1. The van der Waals surface area contributed by atoms with Gasteiger partial charge in [-0.2, -0.15) is 5.26 Å². The van der Waals surface area contributed by atoms with Gasteiger partial charge in [0.15, 0.2) is 0 Å². The molecular weight excluding hydrogens is 195 g/mol. The van der Waals surface area contributed by atoms with Crippen molar-refractivity contribution >= 4 is 11.6 Å². The zero-order valence-corrected chi connectivity index (χ0v) is 8.40. The van der Waals surface area contributed by atoms with E-state index in [9.17, 15) is 9.18 Å². The normalized spacial score (nSPS) is 9.40. The quantitative estimate of drug-likeness (QED) is 0.760. The van der Waals surface area contributed by atoms with E-state index in [4.69, 9.17) is 5.26 Å². The van der Waals surface area contributed by atoms with Gasteiger partial charge in [0, 0.05) is 25.6 Å². The summed E-state index contributed by atoms with van der Waals surface area (Å²) < 4.78 is 12.9. The number of carbonyl (C=O) groups excluding carboxylic acids is 1. The summed E-state index contributed by atoms with van der Waals surface area (Å²) in [5, 5.41) is 8.33. The van der Waals surface area contributed by atoms with E-state index in [0.29, 0.717) is 5.69 Å². The van der Waals surface area contributed by atoms with Gasteiger partial charge in [0.2, 0.25) is 5.91 Å². The Bertz CT molecular complexity index is 398. The van der Waals surface area contributed by atoms with Crippen molar-refractivity contribution in [2.24, 2.45) is 0 Å². The van der Waals surface area contributed by atoms with Gasteiger partial charge in [-0.05, 0) is 18.2 Å². The van der Waals surface area contributed by atoms with Gasteiger partial charge in [0.05, 0.1) is 6.07 Å². The van der Waals surface area contributed by atoms with E-state index in [2.05, 4.69) is 0 Å². The van der Waals surface area contributed by atoms with Gasteiger partial charge in [-0.3, -0.25) is 4.79 Å². The third-order valence-corrected chi connectivity index (χ3v) is 2.02. The molecule has 78 valence electrons. The van der Waals surface area contributed by atoms with Gasteiger partial charge >= 0.3 is 0 Å². The number of rotatable bonds is 3. The lowest BCUT2D eigenvalue weighted by molar-refractivity contribution is -0.118. The molecule has 0 radical (unpaired) electrons. The van der Waals surface area contributed by atoms with Crippen molar-refractivity contribution in [3.63, 3.8) is 0 Å². The van der Waals surface area contributed by atoms with Crippen LogP contribution in [-0.4, -0.2) is 13.0 Å². The molecule has 0 N–H and O–H groups in total. The van der Waals surface area contributed by atoms with E-state index in [0.717, 1.165) is 0 Å². The van der Waals surface area contributed by atoms with Crippen LogP contribution >= 0.6 is 0 Å². The molecule has 0 saturated heterocycles. The summed E-state index contributed by atoms with van der Waals surface area (Å²) >= 11 is 0. The number of anilines is 1. The maximum absolute atomic E-state index is 12.9. The van der Waals surface area contributed by atoms with E-state index in [1.165, 1.54) is 17.0 Å². The van der Waals surface area contributed by atoms with Gasteiger partial charge < -0.3 is 4.90 Å². The average molecular weight is 206 g/mol. The SMILES string of the molecule is CN(C(=O)CCC#N)c1cccc(F)c1. The molecule has 0 atom stereocenters. The molecule has 0 fully saturated rings. The third kappa shape index (κ3) is 3.06. The maximum Gasteiger partial charge on any atom is 0.227 e. The summed E-state index contributed by atoms with van der Waals surface area (Å²) in [6, 6.07) is 7.68. The molecule has 0 heterocycles. The summed E-state index contributed by atoms with van der Waals surface area (Å²) in [7, 11) is 1.56. The van der Waals surface area contributed by atoms with Gasteiger partial charge in [0.1, 0.15) is 5.82 Å². The Morgan fingerprint density at radius 3 is 2.93 bits per heavy atom. The van der Waals surface area contributed by atoms with Crippen LogP contribution in [0, 0.1) is 17.1 Å². The smallest absolute Gasteiger partial charge is 0.227 e. The summed E-state index contributed by atoms with van der Waals surface area (Å²) in [4.78, 5) is 12.8.